The van der Waals surface area contributed by atoms with Gasteiger partial charge in [0, 0.05) is 125 Å². The van der Waals surface area contributed by atoms with Crippen LogP contribution in [0.4, 0.5) is 11.4 Å². The standard InChI is InChI=1S/C33H47N7O2.C25H30N4O3.C8H19N3.CH4/c1-38-15-6-19-40(22-21-38)20-14-36-33(41)26-42-25-27-7-9-28(10-8-27)31-23-32(29-24-34-13-11-30(29)37-31)35-12-5-18-39-16-3-2-4-17-39;30-25(31)18-32-17-19-5-7-20(8-6-19)23-15-24(21-16-26-11-9-22(21)28-23)27-10-4-14-29-12-2-1-3-13-29;1-10-4-2-5-11(6-3-9)8-7-10;/h7-11,13,23-24H,2-6,12,14-22,25-26H2,1H3,(H,35,37)(H,36,41);5-9,11,15-16H,1-4,10,12-14,17-18H2,(H,27,28)(H,30,31);2-9H2,1H3;1H4/i;;;1T. The summed E-state index contributed by atoms with van der Waals surface area (Å²) < 4.78 is 16.6. The molecule has 0 saturated carbocycles. The summed E-state index contributed by atoms with van der Waals surface area (Å²) in [6.07, 6.45) is 20.0. The van der Waals surface area contributed by atoms with Gasteiger partial charge in [0.25, 0.3) is 0 Å². The number of piperidine rings is 2. The Kier molecular flexibility index (Phi) is 28.6. The van der Waals surface area contributed by atoms with E-state index in [4.69, 9.17) is 31.7 Å². The minimum Gasteiger partial charge on any atom is -0.480 e. The fourth-order valence-corrected chi connectivity index (χ4v) is 11.4. The van der Waals surface area contributed by atoms with E-state index in [1.807, 2.05) is 60.9 Å². The van der Waals surface area contributed by atoms with Crippen molar-refractivity contribution in [2.45, 2.75) is 84.8 Å². The van der Waals surface area contributed by atoms with Crippen LogP contribution < -0.4 is 21.7 Å². The zero-order valence-electron chi connectivity index (χ0n) is 52.9. The monoisotopic (exact) mass is 1180 g/mol. The zero-order chi connectivity index (χ0) is 61.3. The van der Waals surface area contributed by atoms with E-state index < -0.39 is 5.97 Å². The molecule has 8 heterocycles. The van der Waals surface area contributed by atoms with Crippen LogP contribution in [0.3, 0.4) is 0 Å². The Balaban J connectivity index is 0.000000211. The number of anilines is 2. The molecule has 86 heavy (non-hydrogen) atoms. The first kappa shape index (κ1) is 65.7. The van der Waals surface area contributed by atoms with E-state index in [0.29, 0.717) is 13.2 Å². The Morgan fingerprint density at radius 1 is 0.547 bits per heavy atom. The summed E-state index contributed by atoms with van der Waals surface area (Å²) in [7, 11) is 5.60. The van der Waals surface area contributed by atoms with Gasteiger partial charge < -0.3 is 65.7 Å². The van der Waals surface area contributed by atoms with Crippen LogP contribution in [0.2, 0.25) is 0 Å². The summed E-state index contributed by atoms with van der Waals surface area (Å²) in [6.45, 7) is 22.1. The van der Waals surface area contributed by atoms with Crippen LogP contribution in [0.15, 0.2) is 97.6 Å². The SMILES string of the molecule is CN1CCCN(CCN)CC1.CN1CCCN(CCNC(=O)COCc2ccc(-c3cc(NCCCN4CCCCC4)c4cnccc4n3)cc2)CC1.O=C(O)COCc1ccc(-c2cc(NCCCN3CCCCC3)c3cnccc3n2)cc1.[3H]C. The number of pyridine rings is 4. The average Bonchev–Trinajstić information content (AvgIpc) is 3.05. The second kappa shape index (κ2) is 37.4. The molecule has 0 unspecified atom stereocenters. The predicted molar refractivity (Wildman–Crippen MR) is 350 cm³/mol. The van der Waals surface area contributed by atoms with Crippen molar-refractivity contribution in [1.82, 2.24) is 54.7 Å². The van der Waals surface area contributed by atoms with Gasteiger partial charge >= 0.3 is 5.97 Å². The highest BCUT2D eigenvalue weighted by atomic mass is 16.5. The van der Waals surface area contributed by atoms with Crippen molar-refractivity contribution in [2.24, 2.45) is 5.73 Å². The van der Waals surface area contributed by atoms with Gasteiger partial charge in [-0.2, -0.15) is 0 Å². The van der Waals surface area contributed by atoms with Crippen molar-refractivity contribution in [3.05, 3.63) is 109 Å². The van der Waals surface area contributed by atoms with Crippen LogP contribution in [0, 0.1) is 0 Å². The molecule has 0 spiro atoms. The highest BCUT2D eigenvalue weighted by Gasteiger charge is 2.16. The average molecular weight is 1180 g/mol. The maximum absolute atomic E-state index is 12.3. The highest BCUT2D eigenvalue weighted by Crippen LogP contribution is 2.30. The van der Waals surface area contributed by atoms with Gasteiger partial charge in [0.15, 0.2) is 0 Å². The van der Waals surface area contributed by atoms with E-state index in [1.54, 1.807) is 12.4 Å². The van der Waals surface area contributed by atoms with Crippen molar-refractivity contribution in [2.75, 3.05) is 169 Å². The van der Waals surface area contributed by atoms with Crippen molar-refractivity contribution >= 4 is 45.1 Å². The molecule has 19 nitrogen and oxygen atoms in total. The Hall–Kier alpha value is -6.26. The second-order valence-electron chi connectivity index (χ2n) is 23.2. The van der Waals surface area contributed by atoms with Gasteiger partial charge in [-0.05, 0) is 166 Å². The third-order valence-electron chi connectivity index (χ3n) is 16.4. The highest BCUT2D eigenvalue weighted by molar-refractivity contribution is 5.94. The Bertz CT molecular complexity index is 2910. The number of amides is 1. The number of carboxylic acids is 1. The van der Waals surface area contributed by atoms with Crippen molar-refractivity contribution in [3.8, 4) is 22.5 Å². The van der Waals surface area contributed by atoms with E-state index in [1.165, 1.54) is 111 Å². The molecule has 10 rings (SSSR count). The molecule has 6 aromatic rings. The second-order valence-corrected chi connectivity index (χ2v) is 23.2. The van der Waals surface area contributed by atoms with E-state index in [9.17, 15) is 9.59 Å². The molecule has 4 aliphatic heterocycles. The van der Waals surface area contributed by atoms with Gasteiger partial charge in [0.1, 0.15) is 13.2 Å². The number of carbonyl (C=O) groups is 2. The molecule has 1 amide bonds. The van der Waals surface area contributed by atoms with Crippen LogP contribution in [0.25, 0.3) is 44.3 Å². The maximum atomic E-state index is 12.3. The summed E-state index contributed by atoms with van der Waals surface area (Å²) >= 11 is 0. The summed E-state index contributed by atoms with van der Waals surface area (Å²) in [4.78, 5) is 56.0. The first-order valence-corrected chi connectivity index (χ1v) is 31.4. The largest absolute Gasteiger partial charge is 0.480 e. The van der Waals surface area contributed by atoms with Crippen molar-refractivity contribution in [1.29, 1.82) is 0 Å². The van der Waals surface area contributed by atoms with E-state index in [-0.39, 0.29) is 25.7 Å². The Labute approximate surface area is 513 Å². The number of nitrogens with zero attached hydrogens (tertiary/aromatic N) is 10. The molecule has 19 heteroatoms. The number of carbonyl (C=O) groups excluding carboxylic acids is 1. The van der Waals surface area contributed by atoms with Gasteiger partial charge in [-0.1, -0.05) is 68.8 Å². The molecular weight excluding hydrogens is 1080 g/mol. The fourth-order valence-electron chi connectivity index (χ4n) is 11.4. The number of fused-ring (bicyclic) bond motifs is 2. The number of benzene rings is 2. The number of likely N-dealkylation sites (N-methyl/N-ethyl adjacent to an activating group) is 2. The minimum atomic E-state index is -0.965. The predicted octanol–water partition coefficient (Wildman–Crippen LogP) is 8.26. The summed E-state index contributed by atoms with van der Waals surface area (Å²) in [5.74, 6) is -1.03. The number of rotatable bonds is 25. The minimum absolute atomic E-state index is 0.0654. The smallest absolute Gasteiger partial charge is 0.329 e. The molecule has 4 fully saturated rings. The number of nitrogens with two attached hydrogens (primary N) is 1. The number of aromatic nitrogens is 4. The molecule has 0 aliphatic carbocycles. The first-order chi connectivity index (χ1) is 42.6. The topological polar surface area (TPSA) is 206 Å². The van der Waals surface area contributed by atoms with Crippen LogP contribution in [-0.4, -0.2) is 225 Å². The number of likely N-dealkylation sites (tertiary alicyclic amines) is 2. The molecule has 4 aliphatic rings. The lowest BCUT2D eigenvalue weighted by Crippen LogP contribution is -2.38. The lowest BCUT2D eigenvalue weighted by atomic mass is 10.1. The number of ether oxygens (including phenoxy) is 2. The van der Waals surface area contributed by atoms with Crippen LogP contribution in [-0.2, 0) is 32.3 Å². The summed E-state index contributed by atoms with van der Waals surface area (Å²) in [5.41, 5.74) is 15.3. The van der Waals surface area contributed by atoms with Crippen molar-refractivity contribution < 1.29 is 25.5 Å². The van der Waals surface area contributed by atoms with Gasteiger partial charge in [-0.15, -0.1) is 0 Å². The molecule has 0 radical (unpaired) electrons. The number of aliphatic carboxylic acids is 1. The lowest BCUT2D eigenvalue weighted by Gasteiger charge is -2.26. The third kappa shape index (κ3) is 23.1. The normalized spacial score (nSPS) is 16.9. The quantitative estimate of drug-likeness (QED) is 0.0342. The Morgan fingerprint density at radius 2 is 0.988 bits per heavy atom. The van der Waals surface area contributed by atoms with E-state index in [2.05, 4.69) is 93.7 Å². The number of hydrogen-bond donors (Lipinski definition) is 5. The lowest BCUT2D eigenvalue weighted by molar-refractivity contribution is -0.142. The number of nitrogens with one attached hydrogen (secondary N) is 3. The summed E-state index contributed by atoms with van der Waals surface area (Å²) in [6, 6.07) is 24.3. The first-order valence-electron chi connectivity index (χ1n) is 32.4. The third-order valence-corrected chi connectivity index (χ3v) is 16.4. The van der Waals surface area contributed by atoms with Gasteiger partial charge in [-0.25, -0.2) is 14.8 Å². The molecule has 0 atom stereocenters. The van der Waals surface area contributed by atoms with Gasteiger partial charge in [0.05, 0.1) is 35.6 Å². The molecule has 0 bridgehead atoms. The van der Waals surface area contributed by atoms with Gasteiger partial charge in [0.2, 0.25) is 5.91 Å². The van der Waals surface area contributed by atoms with Gasteiger partial charge in [-0.3, -0.25) is 14.8 Å². The summed E-state index contributed by atoms with van der Waals surface area (Å²) in [5, 5.41) is 21.0. The maximum Gasteiger partial charge on any atom is 0.329 e. The van der Waals surface area contributed by atoms with Crippen molar-refractivity contribution in [3.63, 3.8) is 0 Å². The van der Waals surface area contributed by atoms with Crippen LogP contribution in [0.5, 0.6) is 0 Å². The Morgan fingerprint density at radius 3 is 1.45 bits per heavy atom. The fraction of sp³-hybridized carbons (Fsp3) is 0.552. The molecule has 468 valence electrons. The number of carboxylic acid groups (broad SMARTS) is 1. The molecule has 4 saturated heterocycles. The van der Waals surface area contributed by atoms with Crippen LogP contribution in [0.1, 0.15) is 84.1 Å². The number of hydrogen-bond acceptors (Lipinski definition) is 17. The van der Waals surface area contributed by atoms with Crippen LogP contribution >= 0.6 is 0 Å². The molecular formula is C67H100N14O5. The zero-order valence-corrected chi connectivity index (χ0v) is 51.9. The van der Waals surface area contributed by atoms with E-state index >= 15 is 0 Å². The molecule has 2 aromatic carbocycles. The molecule has 4 aromatic heterocycles. The molecule has 6 N–H and O–H groups in total. The van der Waals surface area contributed by atoms with E-state index in [0.717, 1.165) is 152 Å².